The molecule has 0 unspecified atom stereocenters. The van der Waals surface area contributed by atoms with Crippen LogP contribution in [0.4, 0.5) is 0 Å². The molecule has 0 aliphatic heterocycles. The topological polar surface area (TPSA) is 81.3 Å². The van der Waals surface area contributed by atoms with Gasteiger partial charge in [-0.1, -0.05) is 61.7 Å². The van der Waals surface area contributed by atoms with Crippen molar-refractivity contribution in [3.63, 3.8) is 0 Å². The lowest BCUT2D eigenvalue weighted by atomic mass is 9.95. The maximum atomic E-state index is 13.3. The summed E-state index contributed by atoms with van der Waals surface area (Å²) in [6.45, 7) is 0.427. The number of hydrogen-bond acceptors (Lipinski definition) is 4. The first kappa shape index (κ1) is 21.4. The van der Waals surface area contributed by atoms with Crippen LogP contribution in [0.25, 0.3) is 16.7 Å². The number of benzene rings is 2. The summed E-state index contributed by atoms with van der Waals surface area (Å²) in [6.07, 6.45) is 7.63. The van der Waals surface area contributed by atoms with E-state index in [1.165, 1.54) is 19.3 Å². The van der Waals surface area contributed by atoms with Crippen LogP contribution in [0.1, 0.15) is 56.3 Å². The number of para-hydroxylation sites is 1. The van der Waals surface area contributed by atoms with E-state index in [2.05, 4.69) is 15.5 Å². The van der Waals surface area contributed by atoms with Crippen molar-refractivity contribution in [3.05, 3.63) is 76.3 Å². The van der Waals surface area contributed by atoms with Crippen LogP contribution in [0.5, 0.6) is 0 Å². The quantitative estimate of drug-likeness (QED) is 0.470. The largest absolute Gasteiger partial charge is 0.353 e. The van der Waals surface area contributed by atoms with Crippen LogP contribution in [0.2, 0.25) is 0 Å². The van der Waals surface area contributed by atoms with E-state index in [0.717, 1.165) is 29.7 Å². The first-order valence-electron chi connectivity index (χ1n) is 11.9. The van der Waals surface area contributed by atoms with Crippen LogP contribution in [-0.4, -0.2) is 31.1 Å². The van der Waals surface area contributed by atoms with Gasteiger partial charge in [-0.25, -0.2) is 0 Å². The molecule has 2 heterocycles. The fourth-order valence-electron chi connectivity index (χ4n) is 4.84. The van der Waals surface area contributed by atoms with Crippen LogP contribution in [0.3, 0.4) is 0 Å². The zero-order valence-electron chi connectivity index (χ0n) is 18.7. The summed E-state index contributed by atoms with van der Waals surface area (Å²) in [5.41, 5.74) is 1.75. The molecule has 170 valence electrons. The van der Waals surface area contributed by atoms with Gasteiger partial charge in [0.2, 0.25) is 11.7 Å². The number of nitrogens with zero attached hydrogens (tertiary/aromatic N) is 4. The normalized spacial score (nSPS) is 14.7. The number of aryl methyl sites for hydroxylation is 1. The number of aromatic nitrogens is 4. The Hall–Kier alpha value is -3.48. The van der Waals surface area contributed by atoms with Gasteiger partial charge < -0.3 is 5.32 Å². The van der Waals surface area contributed by atoms with E-state index in [4.69, 9.17) is 0 Å². The summed E-state index contributed by atoms with van der Waals surface area (Å²) < 4.78 is 3.66. The van der Waals surface area contributed by atoms with E-state index < -0.39 is 0 Å². The number of amides is 1. The number of nitrogens with one attached hydrogen (secondary N) is 1. The Balaban J connectivity index is 1.40. The molecule has 0 radical (unpaired) electrons. The Kier molecular flexibility index (Phi) is 6.19. The molecule has 1 amide bonds. The van der Waals surface area contributed by atoms with Gasteiger partial charge in [-0.2, -0.15) is 0 Å². The van der Waals surface area contributed by atoms with E-state index in [9.17, 15) is 9.59 Å². The number of fused-ring (bicyclic) bond motifs is 3. The molecule has 5 rings (SSSR count). The smallest absolute Gasteiger partial charge is 0.263 e. The molecule has 0 spiro atoms. The van der Waals surface area contributed by atoms with Crippen molar-refractivity contribution >= 4 is 22.6 Å². The molecular weight excluding hydrogens is 414 g/mol. The number of rotatable bonds is 7. The first-order chi connectivity index (χ1) is 16.2. The Morgan fingerprint density at radius 3 is 2.55 bits per heavy atom. The van der Waals surface area contributed by atoms with Crippen LogP contribution in [0, 0.1) is 0 Å². The second-order valence-electron chi connectivity index (χ2n) is 8.90. The Labute approximate surface area is 192 Å². The fraction of sp³-hybridized carbons (Fsp3) is 0.385. The predicted molar refractivity (Wildman–Crippen MR) is 128 cm³/mol. The van der Waals surface area contributed by atoms with Crippen molar-refractivity contribution in [2.75, 3.05) is 0 Å². The monoisotopic (exact) mass is 443 g/mol. The number of hydrogen-bond donors (Lipinski definition) is 1. The van der Waals surface area contributed by atoms with Gasteiger partial charge in [0.05, 0.1) is 17.4 Å². The Morgan fingerprint density at radius 1 is 0.970 bits per heavy atom. The lowest BCUT2D eigenvalue weighted by molar-refractivity contribution is -0.122. The second-order valence-corrected chi connectivity index (χ2v) is 8.90. The third kappa shape index (κ3) is 4.53. The summed E-state index contributed by atoms with van der Waals surface area (Å²) >= 11 is 0. The third-order valence-electron chi connectivity index (χ3n) is 6.53. The molecule has 4 aromatic rings. The summed E-state index contributed by atoms with van der Waals surface area (Å²) in [5.74, 6) is 1.42. The molecule has 2 aromatic carbocycles. The van der Waals surface area contributed by atoms with Gasteiger partial charge >= 0.3 is 0 Å². The first-order valence-corrected chi connectivity index (χ1v) is 11.9. The highest BCUT2D eigenvalue weighted by Gasteiger charge is 2.18. The van der Waals surface area contributed by atoms with Gasteiger partial charge in [-0.3, -0.25) is 18.6 Å². The van der Waals surface area contributed by atoms with E-state index >= 15 is 0 Å². The summed E-state index contributed by atoms with van der Waals surface area (Å²) in [7, 11) is 0. The van der Waals surface area contributed by atoms with Gasteiger partial charge in [-0.15, -0.1) is 10.2 Å². The molecule has 7 heteroatoms. The predicted octanol–water partition coefficient (Wildman–Crippen LogP) is 3.86. The van der Waals surface area contributed by atoms with Crippen molar-refractivity contribution in [1.82, 2.24) is 24.5 Å². The van der Waals surface area contributed by atoms with Crippen LogP contribution < -0.4 is 10.9 Å². The average Bonchev–Trinajstić information content (AvgIpc) is 3.27. The molecule has 0 bridgehead atoms. The molecule has 1 fully saturated rings. The second kappa shape index (κ2) is 9.57. The van der Waals surface area contributed by atoms with E-state index in [0.29, 0.717) is 43.0 Å². The lowest BCUT2D eigenvalue weighted by Crippen LogP contribution is -2.36. The Morgan fingerprint density at radius 2 is 1.73 bits per heavy atom. The molecule has 1 aliphatic carbocycles. The van der Waals surface area contributed by atoms with Gasteiger partial charge in [0, 0.05) is 18.9 Å². The maximum Gasteiger partial charge on any atom is 0.263 e. The molecule has 0 saturated heterocycles. The molecule has 7 nitrogen and oxygen atoms in total. The fourth-order valence-corrected chi connectivity index (χ4v) is 4.84. The van der Waals surface area contributed by atoms with Gasteiger partial charge in [0.15, 0.2) is 0 Å². The molecule has 1 N–H and O–H groups in total. The van der Waals surface area contributed by atoms with Crippen LogP contribution in [-0.2, 0) is 17.8 Å². The molecular formula is C26H29N5O2. The molecule has 33 heavy (non-hydrogen) atoms. The van der Waals surface area contributed by atoms with E-state index in [1.807, 2.05) is 59.0 Å². The molecule has 0 atom stereocenters. The highest BCUT2D eigenvalue weighted by atomic mass is 16.1. The molecule has 2 aromatic heterocycles. The SMILES string of the molecule is O=C(CCCc1nnc2n(Cc3ccccc3)c(=O)c3ccccc3n12)NC1CCCCC1. The lowest BCUT2D eigenvalue weighted by Gasteiger charge is -2.22. The van der Waals surface area contributed by atoms with E-state index in [1.54, 1.807) is 4.57 Å². The van der Waals surface area contributed by atoms with Crippen molar-refractivity contribution in [1.29, 1.82) is 0 Å². The zero-order valence-corrected chi connectivity index (χ0v) is 18.7. The van der Waals surface area contributed by atoms with Crippen molar-refractivity contribution in [2.45, 2.75) is 64.0 Å². The number of carbonyl (C=O) groups excluding carboxylic acids is 1. The summed E-state index contributed by atoms with van der Waals surface area (Å²) in [4.78, 5) is 25.7. The zero-order chi connectivity index (χ0) is 22.6. The maximum absolute atomic E-state index is 13.3. The highest BCUT2D eigenvalue weighted by molar-refractivity contribution is 5.80. The van der Waals surface area contributed by atoms with Gasteiger partial charge in [-0.05, 0) is 37.0 Å². The molecule has 1 saturated carbocycles. The average molecular weight is 444 g/mol. The Bertz CT molecular complexity index is 1320. The minimum Gasteiger partial charge on any atom is -0.353 e. The van der Waals surface area contributed by atoms with Crippen LogP contribution >= 0.6 is 0 Å². The third-order valence-corrected chi connectivity index (χ3v) is 6.53. The van der Waals surface area contributed by atoms with Crippen molar-refractivity contribution in [3.8, 4) is 0 Å². The van der Waals surface area contributed by atoms with Crippen molar-refractivity contribution in [2.24, 2.45) is 0 Å². The minimum atomic E-state index is -0.0761. The minimum absolute atomic E-state index is 0.0761. The van der Waals surface area contributed by atoms with Gasteiger partial charge in [0.25, 0.3) is 5.56 Å². The van der Waals surface area contributed by atoms with Crippen molar-refractivity contribution < 1.29 is 4.79 Å². The standard InChI is InChI=1S/C26H29N5O2/c32-24(27-20-12-5-2-6-13-20)17-9-16-23-28-29-26-30(18-19-10-3-1-4-11-19)25(33)21-14-7-8-15-22(21)31(23)26/h1,3-4,7-8,10-11,14-15,20H,2,5-6,9,12-13,16-18H2,(H,27,32). The summed E-state index contributed by atoms with van der Waals surface area (Å²) in [5, 5.41) is 12.6. The summed E-state index contributed by atoms with van der Waals surface area (Å²) in [6, 6.07) is 17.8. The van der Waals surface area contributed by atoms with Crippen LogP contribution in [0.15, 0.2) is 59.4 Å². The molecule has 1 aliphatic rings. The van der Waals surface area contributed by atoms with Gasteiger partial charge in [0.1, 0.15) is 5.82 Å². The highest BCUT2D eigenvalue weighted by Crippen LogP contribution is 2.19. The van der Waals surface area contributed by atoms with E-state index in [-0.39, 0.29) is 11.5 Å². The number of carbonyl (C=O) groups is 1.